The molecule has 2 fully saturated rings. The second-order valence-electron chi connectivity index (χ2n) is 6.91. The third kappa shape index (κ3) is 4.52. The Morgan fingerprint density at radius 2 is 1.67 bits per heavy atom. The second kappa shape index (κ2) is 6.36. The molecule has 0 spiro atoms. The molecule has 0 bridgehead atoms. The van der Waals surface area contributed by atoms with Crippen LogP contribution in [-0.2, 0) is 0 Å². The highest BCUT2D eigenvalue weighted by Gasteiger charge is 2.25. The molecule has 1 heterocycles. The van der Waals surface area contributed by atoms with Gasteiger partial charge >= 0.3 is 0 Å². The van der Waals surface area contributed by atoms with E-state index in [1.54, 1.807) is 0 Å². The molecule has 0 atom stereocenters. The van der Waals surface area contributed by atoms with Gasteiger partial charge in [0.1, 0.15) is 0 Å². The average Bonchev–Trinajstić information content (AvgIpc) is 2.82. The van der Waals surface area contributed by atoms with E-state index in [9.17, 15) is 0 Å². The molecule has 3 nitrogen and oxygen atoms in total. The summed E-state index contributed by atoms with van der Waals surface area (Å²) in [5.41, 5.74) is 6.03. The van der Waals surface area contributed by atoms with Gasteiger partial charge in [0, 0.05) is 37.8 Å². The van der Waals surface area contributed by atoms with Crippen LogP contribution in [0.4, 0.5) is 0 Å². The van der Waals surface area contributed by atoms with E-state index in [0.29, 0.717) is 0 Å². The van der Waals surface area contributed by atoms with Crippen LogP contribution in [0.25, 0.3) is 0 Å². The fourth-order valence-corrected chi connectivity index (χ4v) is 3.38. The van der Waals surface area contributed by atoms with E-state index in [1.807, 2.05) is 0 Å². The van der Waals surface area contributed by atoms with E-state index < -0.39 is 0 Å². The molecule has 0 radical (unpaired) electrons. The Morgan fingerprint density at radius 1 is 1.06 bits per heavy atom. The van der Waals surface area contributed by atoms with Crippen molar-refractivity contribution in [2.75, 3.05) is 32.7 Å². The summed E-state index contributed by atoms with van der Waals surface area (Å²) in [6.45, 7) is 10.6. The summed E-state index contributed by atoms with van der Waals surface area (Å²) in [7, 11) is 0. The third-order valence-corrected chi connectivity index (χ3v) is 4.54. The van der Waals surface area contributed by atoms with Crippen LogP contribution in [0.15, 0.2) is 0 Å². The zero-order valence-corrected chi connectivity index (χ0v) is 12.3. The monoisotopic (exact) mass is 253 g/mol. The van der Waals surface area contributed by atoms with Gasteiger partial charge in [-0.15, -0.1) is 0 Å². The first-order chi connectivity index (χ1) is 8.54. The van der Waals surface area contributed by atoms with Gasteiger partial charge in [-0.1, -0.05) is 12.8 Å². The molecule has 1 aliphatic carbocycles. The van der Waals surface area contributed by atoms with E-state index in [2.05, 4.69) is 23.6 Å². The van der Waals surface area contributed by atoms with E-state index >= 15 is 0 Å². The van der Waals surface area contributed by atoms with Crippen molar-refractivity contribution in [2.24, 2.45) is 5.73 Å². The summed E-state index contributed by atoms with van der Waals surface area (Å²) >= 11 is 0. The highest BCUT2D eigenvalue weighted by atomic mass is 15.3. The van der Waals surface area contributed by atoms with Crippen molar-refractivity contribution < 1.29 is 0 Å². The minimum atomic E-state index is 0.00562. The fourth-order valence-electron chi connectivity index (χ4n) is 3.38. The van der Waals surface area contributed by atoms with Gasteiger partial charge in [-0.2, -0.15) is 0 Å². The number of piperazine rings is 1. The number of rotatable bonds is 5. The topological polar surface area (TPSA) is 32.5 Å². The van der Waals surface area contributed by atoms with Crippen LogP contribution in [-0.4, -0.2) is 54.1 Å². The minimum absolute atomic E-state index is 0.00562. The highest BCUT2D eigenvalue weighted by Crippen LogP contribution is 2.24. The maximum atomic E-state index is 6.03. The molecule has 0 aromatic rings. The minimum Gasteiger partial charge on any atom is -0.326 e. The molecule has 0 aromatic heterocycles. The van der Waals surface area contributed by atoms with Gasteiger partial charge in [0.25, 0.3) is 0 Å². The SMILES string of the molecule is CC(C)(N)CCCN1CCN(C2CCCC2)CC1. The lowest BCUT2D eigenvalue weighted by atomic mass is 10.00. The molecule has 106 valence electrons. The van der Waals surface area contributed by atoms with Crippen molar-refractivity contribution in [3.05, 3.63) is 0 Å². The van der Waals surface area contributed by atoms with Crippen molar-refractivity contribution >= 4 is 0 Å². The third-order valence-electron chi connectivity index (χ3n) is 4.54. The predicted molar refractivity (Wildman–Crippen MR) is 77.8 cm³/mol. The van der Waals surface area contributed by atoms with Gasteiger partial charge in [0.2, 0.25) is 0 Å². The zero-order chi connectivity index (χ0) is 13.0. The van der Waals surface area contributed by atoms with E-state index in [1.165, 1.54) is 64.8 Å². The lowest BCUT2D eigenvalue weighted by Crippen LogP contribution is -2.50. The maximum absolute atomic E-state index is 6.03. The molecule has 1 aliphatic heterocycles. The predicted octanol–water partition coefficient (Wildman–Crippen LogP) is 2.06. The standard InChI is InChI=1S/C15H31N3/c1-15(2,16)8-5-9-17-10-12-18(13-11-17)14-6-3-4-7-14/h14H,3-13,16H2,1-2H3. The van der Waals surface area contributed by atoms with Crippen LogP contribution >= 0.6 is 0 Å². The molecule has 0 amide bonds. The molecule has 2 rings (SSSR count). The van der Waals surface area contributed by atoms with Crippen LogP contribution in [0, 0.1) is 0 Å². The Bertz CT molecular complexity index is 233. The van der Waals surface area contributed by atoms with Gasteiger partial charge in [-0.25, -0.2) is 0 Å². The fraction of sp³-hybridized carbons (Fsp3) is 1.00. The van der Waals surface area contributed by atoms with Crippen LogP contribution in [0.1, 0.15) is 52.4 Å². The molecular weight excluding hydrogens is 222 g/mol. The Kier molecular flexibility index (Phi) is 5.05. The van der Waals surface area contributed by atoms with E-state index in [-0.39, 0.29) is 5.54 Å². The highest BCUT2D eigenvalue weighted by molar-refractivity contribution is 4.82. The summed E-state index contributed by atoms with van der Waals surface area (Å²) in [6.07, 6.45) is 8.18. The molecule has 1 saturated heterocycles. The van der Waals surface area contributed by atoms with Gasteiger partial charge in [-0.3, -0.25) is 4.90 Å². The first-order valence-corrected chi connectivity index (χ1v) is 7.80. The molecule has 18 heavy (non-hydrogen) atoms. The summed E-state index contributed by atoms with van der Waals surface area (Å²) in [4.78, 5) is 5.35. The molecule has 2 aliphatic rings. The lowest BCUT2D eigenvalue weighted by Gasteiger charge is -2.38. The molecule has 0 unspecified atom stereocenters. The number of hydrogen-bond donors (Lipinski definition) is 1. The van der Waals surface area contributed by atoms with E-state index in [0.717, 1.165) is 12.5 Å². The summed E-state index contributed by atoms with van der Waals surface area (Å²) in [5.74, 6) is 0. The van der Waals surface area contributed by atoms with Gasteiger partial charge < -0.3 is 10.6 Å². The number of hydrogen-bond acceptors (Lipinski definition) is 3. The Labute approximate surface area is 113 Å². The van der Waals surface area contributed by atoms with Crippen molar-refractivity contribution in [1.29, 1.82) is 0 Å². The van der Waals surface area contributed by atoms with Crippen molar-refractivity contribution in [2.45, 2.75) is 64.0 Å². The number of nitrogens with two attached hydrogens (primary N) is 1. The van der Waals surface area contributed by atoms with Crippen LogP contribution in [0.2, 0.25) is 0 Å². The Morgan fingerprint density at radius 3 is 2.22 bits per heavy atom. The average molecular weight is 253 g/mol. The molecule has 1 saturated carbocycles. The van der Waals surface area contributed by atoms with Crippen LogP contribution < -0.4 is 5.73 Å². The Balaban J connectivity index is 1.61. The summed E-state index contributed by atoms with van der Waals surface area (Å²) in [6, 6.07) is 0.912. The molecule has 2 N–H and O–H groups in total. The molecular formula is C15H31N3. The molecule has 3 heteroatoms. The lowest BCUT2D eigenvalue weighted by molar-refractivity contribution is 0.0959. The second-order valence-corrected chi connectivity index (χ2v) is 6.91. The first kappa shape index (κ1) is 14.3. The van der Waals surface area contributed by atoms with Crippen molar-refractivity contribution in [3.8, 4) is 0 Å². The van der Waals surface area contributed by atoms with Gasteiger partial charge in [-0.05, 0) is 46.1 Å². The normalized spacial score (nSPS) is 24.8. The van der Waals surface area contributed by atoms with Gasteiger partial charge in [0.05, 0.1) is 0 Å². The summed E-state index contributed by atoms with van der Waals surface area (Å²) < 4.78 is 0. The van der Waals surface area contributed by atoms with Crippen LogP contribution in [0.3, 0.4) is 0 Å². The van der Waals surface area contributed by atoms with Gasteiger partial charge in [0.15, 0.2) is 0 Å². The van der Waals surface area contributed by atoms with Crippen molar-refractivity contribution in [1.82, 2.24) is 9.80 Å². The largest absolute Gasteiger partial charge is 0.326 e. The summed E-state index contributed by atoms with van der Waals surface area (Å²) in [5, 5.41) is 0. The quantitative estimate of drug-likeness (QED) is 0.814. The Hall–Kier alpha value is -0.120. The molecule has 0 aromatic carbocycles. The smallest absolute Gasteiger partial charge is 0.0113 e. The first-order valence-electron chi connectivity index (χ1n) is 7.80. The van der Waals surface area contributed by atoms with Crippen molar-refractivity contribution in [3.63, 3.8) is 0 Å². The maximum Gasteiger partial charge on any atom is 0.0113 e. The van der Waals surface area contributed by atoms with Crippen LogP contribution in [0.5, 0.6) is 0 Å². The zero-order valence-electron chi connectivity index (χ0n) is 12.3. The number of nitrogens with zero attached hydrogens (tertiary/aromatic N) is 2. The van der Waals surface area contributed by atoms with E-state index in [4.69, 9.17) is 5.73 Å².